The van der Waals surface area contributed by atoms with E-state index in [1.54, 1.807) is 0 Å². The standard InChI is InChI=1S/C24H39NO4/c1-2-3-4-5-6-7-8-9-10-14-19-29-23(26)17-18-25-22(24(27)28)20-21-15-12-11-13-16-21/h11-13,15-16,22,25H,2-10,14,17-20H2,1H3,(H,27,28). The molecule has 0 aliphatic heterocycles. The van der Waals surface area contributed by atoms with E-state index in [1.807, 2.05) is 30.3 Å². The van der Waals surface area contributed by atoms with Crippen LogP contribution in [0.4, 0.5) is 0 Å². The summed E-state index contributed by atoms with van der Waals surface area (Å²) in [5, 5.41) is 12.3. The molecule has 0 amide bonds. The molecule has 2 N–H and O–H groups in total. The van der Waals surface area contributed by atoms with E-state index in [0.717, 1.165) is 18.4 Å². The number of unbranched alkanes of at least 4 members (excludes halogenated alkanes) is 9. The molecule has 1 aromatic rings. The summed E-state index contributed by atoms with van der Waals surface area (Å²) in [4.78, 5) is 23.2. The van der Waals surface area contributed by atoms with Gasteiger partial charge in [-0.1, -0.05) is 95.0 Å². The average Bonchev–Trinajstić information content (AvgIpc) is 2.72. The van der Waals surface area contributed by atoms with Gasteiger partial charge in [-0.3, -0.25) is 9.59 Å². The molecule has 0 radical (unpaired) electrons. The maximum absolute atomic E-state index is 11.8. The minimum atomic E-state index is -0.910. The van der Waals surface area contributed by atoms with Gasteiger partial charge in [0.1, 0.15) is 6.04 Å². The Morgan fingerprint density at radius 3 is 2.10 bits per heavy atom. The lowest BCUT2D eigenvalue weighted by Gasteiger charge is -2.14. The molecule has 29 heavy (non-hydrogen) atoms. The highest BCUT2D eigenvalue weighted by molar-refractivity contribution is 5.74. The molecule has 0 aromatic heterocycles. The van der Waals surface area contributed by atoms with Gasteiger partial charge in [0.2, 0.25) is 0 Å². The molecule has 164 valence electrons. The third kappa shape index (κ3) is 13.9. The lowest BCUT2D eigenvalue weighted by atomic mass is 10.1. The van der Waals surface area contributed by atoms with Gasteiger partial charge < -0.3 is 15.2 Å². The Hall–Kier alpha value is -1.88. The SMILES string of the molecule is CCCCCCCCCCCCOC(=O)CCNC(Cc1ccccc1)C(=O)O. The van der Waals surface area contributed by atoms with E-state index in [-0.39, 0.29) is 12.4 Å². The van der Waals surface area contributed by atoms with E-state index in [1.165, 1.54) is 51.4 Å². The molecular weight excluding hydrogens is 366 g/mol. The van der Waals surface area contributed by atoms with Crippen molar-refractivity contribution in [1.82, 2.24) is 5.32 Å². The van der Waals surface area contributed by atoms with Gasteiger partial charge in [0, 0.05) is 6.54 Å². The Morgan fingerprint density at radius 2 is 1.52 bits per heavy atom. The third-order valence-corrected chi connectivity index (χ3v) is 5.06. The summed E-state index contributed by atoms with van der Waals surface area (Å²) < 4.78 is 5.25. The number of esters is 1. The van der Waals surface area contributed by atoms with Crippen molar-refractivity contribution in [3.05, 3.63) is 35.9 Å². The Kier molecular flexibility index (Phi) is 14.8. The predicted octanol–water partition coefficient (Wildman–Crippen LogP) is 5.13. The normalized spacial score (nSPS) is 11.9. The highest BCUT2D eigenvalue weighted by atomic mass is 16.5. The van der Waals surface area contributed by atoms with Crippen molar-refractivity contribution in [3.63, 3.8) is 0 Å². The monoisotopic (exact) mass is 405 g/mol. The molecule has 1 atom stereocenters. The number of hydrogen-bond donors (Lipinski definition) is 2. The van der Waals surface area contributed by atoms with Crippen LogP contribution in [0.2, 0.25) is 0 Å². The number of hydrogen-bond acceptors (Lipinski definition) is 4. The number of rotatable bonds is 18. The van der Waals surface area contributed by atoms with Gasteiger partial charge in [0.15, 0.2) is 0 Å². The minimum absolute atomic E-state index is 0.191. The van der Waals surface area contributed by atoms with Crippen LogP contribution in [0.1, 0.15) is 83.1 Å². The zero-order chi connectivity index (χ0) is 21.2. The molecule has 5 heteroatoms. The van der Waals surface area contributed by atoms with E-state index < -0.39 is 12.0 Å². The first-order valence-corrected chi connectivity index (χ1v) is 11.3. The maximum Gasteiger partial charge on any atom is 0.321 e. The summed E-state index contributed by atoms with van der Waals surface area (Å²) in [7, 11) is 0. The topological polar surface area (TPSA) is 75.6 Å². The summed E-state index contributed by atoms with van der Waals surface area (Å²) >= 11 is 0. The van der Waals surface area contributed by atoms with E-state index in [2.05, 4.69) is 12.2 Å². The fourth-order valence-electron chi connectivity index (χ4n) is 3.29. The Balaban J connectivity index is 2.00. The molecule has 0 aliphatic rings. The Bertz CT molecular complexity index is 547. The van der Waals surface area contributed by atoms with Crippen molar-refractivity contribution in [2.45, 2.75) is 90.0 Å². The second-order valence-corrected chi connectivity index (χ2v) is 7.69. The molecule has 1 aromatic carbocycles. The van der Waals surface area contributed by atoms with Crippen molar-refractivity contribution < 1.29 is 19.4 Å². The maximum atomic E-state index is 11.8. The van der Waals surface area contributed by atoms with Crippen LogP contribution in [0.5, 0.6) is 0 Å². The molecule has 0 bridgehead atoms. The zero-order valence-electron chi connectivity index (χ0n) is 18.0. The lowest BCUT2D eigenvalue weighted by molar-refractivity contribution is -0.144. The fraction of sp³-hybridized carbons (Fsp3) is 0.667. The second kappa shape index (κ2) is 17.0. The van der Waals surface area contributed by atoms with Gasteiger partial charge >= 0.3 is 11.9 Å². The van der Waals surface area contributed by atoms with Crippen LogP contribution in [0, 0.1) is 0 Å². The first-order chi connectivity index (χ1) is 14.1. The molecule has 1 unspecified atom stereocenters. The predicted molar refractivity (Wildman–Crippen MR) is 117 cm³/mol. The Labute approximate surface area is 176 Å². The van der Waals surface area contributed by atoms with Gasteiger partial charge in [-0.25, -0.2) is 0 Å². The quantitative estimate of drug-likeness (QED) is 0.262. The number of ether oxygens (including phenoxy) is 1. The molecule has 0 fully saturated rings. The molecule has 5 nitrogen and oxygen atoms in total. The van der Waals surface area contributed by atoms with E-state index >= 15 is 0 Å². The summed E-state index contributed by atoms with van der Waals surface area (Å²) in [6, 6.07) is 8.78. The summed E-state index contributed by atoms with van der Waals surface area (Å²) in [6.07, 6.45) is 13.1. The van der Waals surface area contributed by atoms with Crippen LogP contribution < -0.4 is 5.32 Å². The van der Waals surface area contributed by atoms with Crippen molar-refractivity contribution >= 4 is 11.9 Å². The zero-order valence-corrected chi connectivity index (χ0v) is 18.0. The fourth-order valence-corrected chi connectivity index (χ4v) is 3.29. The smallest absolute Gasteiger partial charge is 0.321 e. The summed E-state index contributed by atoms with van der Waals surface area (Å²) in [5.41, 5.74) is 0.955. The van der Waals surface area contributed by atoms with Crippen LogP contribution in [0.3, 0.4) is 0 Å². The number of nitrogens with one attached hydrogen (secondary N) is 1. The highest BCUT2D eigenvalue weighted by Gasteiger charge is 2.17. The average molecular weight is 406 g/mol. The molecule has 0 saturated carbocycles. The first-order valence-electron chi connectivity index (χ1n) is 11.3. The van der Waals surface area contributed by atoms with Gasteiger partial charge in [-0.2, -0.15) is 0 Å². The lowest BCUT2D eigenvalue weighted by Crippen LogP contribution is -2.39. The third-order valence-electron chi connectivity index (χ3n) is 5.06. The van der Waals surface area contributed by atoms with Crippen LogP contribution >= 0.6 is 0 Å². The van der Waals surface area contributed by atoms with Gasteiger partial charge in [-0.15, -0.1) is 0 Å². The first kappa shape index (κ1) is 25.2. The van der Waals surface area contributed by atoms with Crippen molar-refractivity contribution in [2.24, 2.45) is 0 Å². The largest absolute Gasteiger partial charge is 0.480 e. The number of benzene rings is 1. The molecule has 0 spiro atoms. The van der Waals surface area contributed by atoms with Crippen LogP contribution in [0.15, 0.2) is 30.3 Å². The van der Waals surface area contributed by atoms with Crippen LogP contribution in [-0.4, -0.2) is 36.2 Å². The van der Waals surface area contributed by atoms with Crippen LogP contribution in [0.25, 0.3) is 0 Å². The number of carbonyl (C=O) groups is 2. The van der Waals surface area contributed by atoms with Gasteiger partial charge in [0.25, 0.3) is 0 Å². The van der Waals surface area contributed by atoms with Crippen LogP contribution in [-0.2, 0) is 20.7 Å². The van der Waals surface area contributed by atoms with E-state index in [9.17, 15) is 14.7 Å². The highest BCUT2D eigenvalue weighted by Crippen LogP contribution is 2.10. The number of aliphatic carboxylic acids is 1. The molecule has 0 heterocycles. The Morgan fingerprint density at radius 1 is 0.931 bits per heavy atom. The molecular formula is C24H39NO4. The van der Waals surface area contributed by atoms with E-state index in [0.29, 0.717) is 19.6 Å². The number of carbonyl (C=O) groups excluding carboxylic acids is 1. The number of carboxylic acid groups (broad SMARTS) is 1. The van der Waals surface area contributed by atoms with Crippen molar-refractivity contribution in [2.75, 3.05) is 13.2 Å². The second-order valence-electron chi connectivity index (χ2n) is 7.69. The van der Waals surface area contributed by atoms with Crippen molar-refractivity contribution in [3.8, 4) is 0 Å². The van der Waals surface area contributed by atoms with Gasteiger partial charge in [-0.05, 0) is 18.4 Å². The summed E-state index contributed by atoms with van der Waals surface area (Å²) in [6.45, 7) is 3.00. The molecule has 1 rings (SSSR count). The van der Waals surface area contributed by atoms with Crippen molar-refractivity contribution in [1.29, 1.82) is 0 Å². The summed E-state index contributed by atoms with van der Waals surface area (Å²) in [5.74, 6) is -1.18. The minimum Gasteiger partial charge on any atom is -0.480 e. The number of carboxylic acids is 1. The van der Waals surface area contributed by atoms with Gasteiger partial charge in [0.05, 0.1) is 13.0 Å². The molecule has 0 saturated heterocycles. The van der Waals surface area contributed by atoms with E-state index in [4.69, 9.17) is 4.74 Å². The molecule has 0 aliphatic carbocycles.